The Balaban J connectivity index is 1.57. The molecular formula is C16H21N5O. The highest BCUT2D eigenvalue weighted by molar-refractivity contribution is 5.78. The fourth-order valence-corrected chi connectivity index (χ4v) is 2.60. The van der Waals surface area contributed by atoms with E-state index in [-0.39, 0.29) is 6.04 Å². The van der Waals surface area contributed by atoms with Crippen LogP contribution in [0.3, 0.4) is 0 Å². The van der Waals surface area contributed by atoms with E-state index in [0.29, 0.717) is 19.1 Å². The third-order valence-corrected chi connectivity index (χ3v) is 3.69. The average Bonchev–Trinajstić information content (AvgIpc) is 2.93. The molecule has 6 nitrogen and oxygen atoms in total. The normalized spacial score (nSPS) is 17.7. The van der Waals surface area contributed by atoms with Crippen LogP contribution in [0.4, 0.5) is 0 Å². The van der Waals surface area contributed by atoms with Gasteiger partial charge in [0, 0.05) is 38.2 Å². The third kappa shape index (κ3) is 3.39. The monoisotopic (exact) mass is 299 g/mol. The van der Waals surface area contributed by atoms with E-state index in [4.69, 9.17) is 10.5 Å². The SMILES string of the molecule is Cn1cnc(CCN=C(N)NC2CCOc3ccccc32)c1. The molecule has 0 saturated heterocycles. The maximum absolute atomic E-state index is 6.00. The molecule has 22 heavy (non-hydrogen) atoms. The number of benzene rings is 1. The van der Waals surface area contributed by atoms with Gasteiger partial charge in [-0.2, -0.15) is 0 Å². The molecule has 0 saturated carbocycles. The van der Waals surface area contributed by atoms with Gasteiger partial charge in [0.05, 0.1) is 24.7 Å². The van der Waals surface area contributed by atoms with Crippen molar-refractivity contribution in [2.45, 2.75) is 18.9 Å². The van der Waals surface area contributed by atoms with Crippen molar-refractivity contribution in [3.05, 3.63) is 48.0 Å². The zero-order valence-corrected chi connectivity index (χ0v) is 12.7. The van der Waals surface area contributed by atoms with Gasteiger partial charge in [0.1, 0.15) is 5.75 Å². The lowest BCUT2D eigenvalue weighted by atomic mass is 10.0. The predicted molar refractivity (Wildman–Crippen MR) is 85.8 cm³/mol. The number of para-hydroxylation sites is 1. The van der Waals surface area contributed by atoms with Crippen LogP contribution in [0.25, 0.3) is 0 Å². The second-order valence-corrected chi connectivity index (χ2v) is 5.42. The summed E-state index contributed by atoms with van der Waals surface area (Å²) in [7, 11) is 1.96. The molecule has 1 aromatic carbocycles. The van der Waals surface area contributed by atoms with E-state index in [0.717, 1.165) is 29.8 Å². The highest BCUT2D eigenvalue weighted by Crippen LogP contribution is 2.31. The number of nitrogens with one attached hydrogen (secondary N) is 1. The smallest absolute Gasteiger partial charge is 0.189 e. The molecule has 0 bridgehead atoms. The molecule has 0 radical (unpaired) electrons. The Morgan fingerprint density at radius 1 is 1.50 bits per heavy atom. The highest BCUT2D eigenvalue weighted by atomic mass is 16.5. The lowest BCUT2D eigenvalue weighted by Crippen LogP contribution is -2.37. The Hall–Kier alpha value is -2.50. The number of aliphatic imine (C=N–C) groups is 1. The first-order valence-corrected chi connectivity index (χ1v) is 7.47. The maximum atomic E-state index is 6.00. The molecule has 0 spiro atoms. The topological polar surface area (TPSA) is 77.5 Å². The molecule has 0 aliphatic carbocycles. The third-order valence-electron chi connectivity index (χ3n) is 3.69. The van der Waals surface area contributed by atoms with Crippen LogP contribution >= 0.6 is 0 Å². The van der Waals surface area contributed by atoms with E-state index < -0.39 is 0 Å². The van der Waals surface area contributed by atoms with Gasteiger partial charge in [-0.05, 0) is 6.07 Å². The second-order valence-electron chi connectivity index (χ2n) is 5.42. The van der Waals surface area contributed by atoms with Gasteiger partial charge in [-0.15, -0.1) is 0 Å². The molecule has 1 aliphatic heterocycles. The summed E-state index contributed by atoms with van der Waals surface area (Å²) in [5.41, 5.74) is 8.16. The van der Waals surface area contributed by atoms with Gasteiger partial charge in [-0.1, -0.05) is 18.2 Å². The summed E-state index contributed by atoms with van der Waals surface area (Å²) in [6, 6.07) is 8.19. The number of ether oxygens (including phenoxy) is 1. The zero-order chi connectivity index (χ0) is 15.4. The second kappa shape index (κ2) is 6.51. The molecule has 2 aromatic rings. The number of guanidine groups is 1. The van der Waals surface area contributed by atoms with Gasteiger partial charge in [0.25, 0.3) is 0 Å². The molecule has 1 atom stereocenters. The van der Waals surface area contributed by atoms with Gasteiger partial charge >= 0.3 is 0 Å². The fraction of sp³-hybridized carbons (Fsp3) is 0.375. The maximum Gasteiger partial charge on any atom is 0.189 e. The van der Waals surface area contributed by atoms with Crippen LogP contribution in [0.2, 0.25) is 0 Å². The summed E-state index contributed by atoms with van der Waals surface area (Å²) >= 11 is 0. The molecule has 1 aliphatic rings. The van der Waals surface area contributed by atoms with Crippen molar-refractivity contribution in [2.75, 3.05) is 13.2 Å². The van der Waals surface area contributed by atoms with Crippen LogP contribution in [0.1, 0.15) is 23.7 Å². The first-order chi connectivity index (χ1) is 10.7. The average molecular weight is 299 g/mol. The van der Waals surface area contributed by atoms with Crippen LogP contribution < -0.4 is 15.8 Å². The van der Waals surface area contributed by atoms with E-state index in [2.05, 4.69) is 21.4 Å². The van der Waals surface area contributed by atoms with Gasteiger partial charge in [0.2, 0.25) is 0 Å². The first-order valence-electron chi connectivity index (χ1n) is 7.47. The van der Waals surface area contributed by atoms with Crippen molar-refractivity contribution in [1.82, 2.24) is 14.9 Å². The van der Waals surface area contributed by atoms with Gasteiger partial charge in [0.15, 0.2) is 5.96 Å². The van der Waals surface area contributed by atoms with E-state index in [1.165, 1.54) is 0 Å². The lowest BCUT2D eigenvalue weighted by molar-refractivity contribution is 0.262. The molecule has 6 heteroatoms. The van der Waals surface area contributed by atoms with Crippen LogP contribution in [0.15, 0.2) is 41.8 Å². The van der Waals surface area contributed by atoms with Crippen LogP contribution in [-0.2, 0) is 13.5 Å². The summed E-state index contributed by atoms with van der Waals surface area (Å²) in [6.07, 6.45) is 5.45. The number of fused-ring (bicyclic) bond motifs is 1. The highest BCUT2D eigenvalue weighted by Gasteiger charge is 2.21. The standard InChI is InChI=1S/C16H21N5O/c1-21-10-12(19-11-21)6-8-18-16(17)20-14-7-9-22-15-5-3-2-4-13(14)15/h2-5,10-11,14H,6-9H2,1H3,(H3,17,18,20). The number of hydrogen-bond donors (Lipinski definition) is 2. The summed E-state index contributed by atoms with van der Waals surface area (Å²) < 4.78 is 7.58. The van der Waals surface area contributed by atoms with Crippen molar-refractivity contribution >= 4 is 5.96 Å². The van der Waals surface area contributed by atoms with Crippen molar-refractivity contribution in [3.63, 3.8) is 0 Å². The molecule has 3 rings (SSSR count). The summed E-state index contributed by atoms with van der Waals surface area (Å²) in [5, 5.41) is 3.29. The fourth-order valence-electron chi connectivity index (χ4n) is 2.60. The largest absolute Gasteiger partial charge is 0.493 e. The van der Waals surface area contributed by atoms with Crippen LogP contribution in [-0.4, -0.2) is 28.7 Å². The van der Waals surface area contributed by atoms with E-state index >= 15 is 0 Å². The molecule has 116 valence electrons. The number of aromatic nitrogens is 2. The van der Waals surface area contributed by atoms with Crippen LogP contribution in [0, 0.1) is 0 Å². The summed E-state index contributed by atoms with van der Waals surface area (Å²) in [5.74, 6) is 1.39. The Morgan fingerprint density at radius 3 is 3.18 bits per heavy atom. The Morgan fingerprint density at radius 2 is 2.36 bits per heavy atom. The number of aryl methyl sites for hydroxylation is 1. The van der Waals surface area contributed by atoms with Crippen molar-refractivity contribution < 1.29 is 4.74 Å². The quantitative estimate of drug-likeness (QED) is 0.660. The lowest BCUT2D eigenvalue weighted by Gasteiger charge is -2.26. The first kappa shape index (κ1) is 14.4. The molecule has 1 unspecified atom stereocenters. The minimum Gasteiger partial charge on any atom is -0.493 e. The van der Waals surface area contributed by atoms with Crippen molar-refractivity contribution in [3.8, 4) is 5.75 Å². The van der Waals surface area contributed by atoms with Gasteiger partial charge in [-0.3, -0.25) is 4.99 Å². The number of hydrogen-bond acceptors (Lipinski definition) is 3. The molecular weight excluding hydrogens is 278 g/mol. The van der Waals surface area contributed by atoms with E-state index in [9.17, 15) is 0 Å². The molecule has 0 fully saturated rings. The minimum atomic E-state index is 0.156. The molecule has 3 N–H and O–H groups in total. The zero-order valence-electron chi connectivity index (χ0n) is 12.7. The number of nitrogens with two attached hydrogens (primary N) is 1. The summed E-state index contributed by atoms with van der Waals surface area (Å²) in [6.45, 7) is 1.32. The predicted octanol–water partition coefficient (Wildman–Crippen LogP) is 1.39. The van der Waals surface area contributed by atoms with Crippen molar-refractivity contribution in [2.24, 2.45) is 17.8 Å². The molecule has 2 heterocycles. The Bertz CT molecular complexity index is 664. The van der Waals surface area contributed by atoms with Gasteiger partial charge in [-0.25, -0.2) is 4.98 Å². The minimum absolute atomic E-state index is 0.156. The summed E-state index contributed by atoms with van der Waals surface area (Å²) in [4.78, 5) is 8.66. The van der Waals surface area contributed by atoms with E-state index in [1.807, 2.05) is 36.0 Å². The number of rotatable bonds is 4. The molecule has 0 amide bonds. The number of imidazole rings is 1. The number of nitrogens with zero attached hydrogens (tertiary/aromatic N) is 3. The van der Waals surface area contributed by atoms with Crippen molar-refractivity contribution in [1.29, 1.82) is 0 Å². The van der Waals surface area contributed by atoms with Crippen LogP contribution in [0.5, 0.6) is 5.75 Å². The Labute approximate surface area is 130 Å². The van der Waals surface area contributed by atoms with Gasteiger partial charge < -0.3 is 20.4 Å². The Kier molecular flexibility index (Phi) is 4.27. The molecule has 1 aromatic heterocycles. The van der Waals surface area contributed by atoms with E-state index in [1.54, 1.807) is 6.33 Å².